The molecule has 3 rings (SSSR count). The van der Waals surface area contributed by atoms with Crippen LogP contribution >= 0.6 is 11.8 Å². The molecule has 0 aliphatic carbocycles. The molecule has 0 saturated carbocycles. The Labute approximate surface area is 147 Å². The Bertz CT molecular complexity index is 700. The van der Waals surface area contributed by atoms with Crippen LogP contribution in [0.3, 0.4) is 0 Å². The van der Waals surface area contributed by atoms with Gasteiger partial charge in [-0.15, -0.1) is 0 Å². The van der Waals surface area contributed by atoms with E-state index in [1.165, 1.54) is 5.56 Å². The molecule has 0 bridgehead atoms. The molecular weight excluding hydrogens is 316 g/mol. The molecule has 0 aromatic heterocycles. The molecule has 1 aliphatic heterocycles. The van der Waals surface area contributed by atoms with Gasteiger partial charge in [-0.3, -0.25) is 4.79 Å². The number of benzene rings is 2. The standard InChI is InChI=1S/C20H22N2OS/c1-2-3-14-22-15-18(16-10-6-4-7-11-16)24-20(22)21-19(23)17-12-8-5-9-13-17/h4-13,18H,2-3,14-15H2,1H3/t18-/m0/s1. The highest BCUT2D eigenvalue weighted by Gasteiger charge is 2.30. The number of carbonyl (C=O) groups is 1. The van der Waals surface area contributed by atoms with Crippen molar-refractivity contribution in [1.82, 2.24) is 4.90 Å². The SMILES string of the molecule is CCCCN1C[C@@H](c2ccccc2)SC1=NC(=O)c1ccccc1. The smallest absolute Gasteiger partial charge is 0.279 e. The highest BCUT2D eigenvalue weighted by atomic mass is 32.2. The van der Waals surface area contributed by atoms with Crippen LogP contribution in [0.5, 0.6) is 0 Å². The van der Waals surface area contributed by atoms with E-state index < -0.39 is 0 Å². The van der Waals surface area contributed by atoms with E-state index in [9.17, 15) is 4.79 Å². The molecule has 1 aliphatic rings. The second kappa shape index (κ2) is 8.15. The third kappa shape index (κ3) is 4.06. The maximum atomic E-state index is 12.4. The van der Waals surface area contributed by atoms with Crippen LogP contribution in [0.1, 0.15) is 40.9 Å². The van der Waals surface area contributed by atoms with Crippen molar-refractivity contribution in [3.8, 4) is 0 Å². The monoisotopic (exact) mass is 338 g/mol. The van der Waals surface area contributed by atoms with E-state index in [0.717, 1.165) is 31.1 Å². The molecule has 3 nitrogen and oxygen atoms in total. The van der Waals surface area contributed by atoms with E-state index in [-0.39, 0.29) is 5.91 Å². The summed E-state index contributed by atoms with van der Waals surface area (Å²) in [6, 6.07) is 19.8. The van der Waals surface area contributed by atoms with Crippen LogP contribution in [0.15, 0.2) is 65.7 Å². The van der Waals surface area contributed by atoms with Crippen molar-refractivity contribution in [3.05, 3.63) is 71.8 Å². The van der Waals surface area contributed by atoms with Crippen LogP contribution in [0, 0.1) is 0 Å². The summed E-state index contributed by atoms with van der Waals surface area (Å²) in [5.41, 5.74) is 1.94. The summed E-state index contributed by atoms with van der Waals surface area (Å²) >= 11 is 1.70. The Morgan fingerprint density at radius 1 is 1.12 bits per heavy atom. The molecule has 0 N–H and O–H groups in total. The summed E-state index contributed by atoms with van der Waals surface area (Å²) in [4.78, 5) is 19.1. The topological polar surface area (TPSA) is 32.7 Å². The lowest BCUT2D eigenvalue weighted by Crippen LogP contribution is -2.26. The van der Waals surface area contributed by atoms with Gasteiger partial charge in [0.05, 0.1) is 5.25 Å². The zero-order valence-electron chi connectivity index (χ0n) is 13.9. The lowest BCUT2D eigenvalue weighted by Gasteiger charge is -2.17. The molecule has 0 spiro atoms. The van der Waals surface area contributed by atoms with Gasteiger partial charge in [0.1, 0.15) is 0 Å². The number of hydrogen-bond donors (Lipinski definition) is 0. The van der Waals surface area contributed by atoms with Gasteiger partial charge < -0.3 is 4.90 Å². The first-order chi connectivity index (χ1) is 11.8. The number of amides is 1. The second-order valence-corrected chi connectivity index (χ2v) is 7.05. The molecule has 1 heterocycles. The first kappa shape index (κ1) is 16.8. The van der Waals surface area contributed by atoms with Crippen LogP contribution in [0.4, 0.5) is 0 Å². The summed E-state index contributed by atoms with van der Waals surface area (Å²) in [5, 5.41) is 1.19. The number of hydrogen-bond acceptors (Lipinski definition) is 2. The molecule has 124 valence electrons. The minimum Gasteiger partial charge on any atom is -0.350 e. The zero-order valence-corrected chi connectivity index (χ0v) is 14.7. The zero-order chi connectivity index (χ0) is 16.8. The van der Waals surface area contributed by atoms with Crippen LogP contribution in [0.25, 0.3) is 0 Å². The van der Waals surface area contributed by atoms with E-state index in [4.69, 9.17) is 0 Å². The Morgan fingerprint density at radius 2 is 1.79 bits per heavy atom. The molecule has 1 saturated heterocycles. The first-order valence-corrected chi connectivity index (χ1v) is 9.30. The third-order valence-electron chi connectivity index (χ3n) is 4.08. The summed E-state index contributed by atoms with van der Waals surface area (Å²) in [7, 11) is 0. The van der Waals surface area contributed by atoms with Gasteiger partial charge in [-0.1, -0.05) is 73.6 Å². The molecule has 1 amide bonds. The lowest BCUT2D eigenvalue weighted by molar-refractivity contribution is 0.100. The van der Waals surface area contributed by atoms with E-state index in [1.807, 2.05) is 36.4 Å². The van der Waals surface area contributed by atoms with Gasteiger partial charge in [0.15, 0.2) is 5.17 Å². The van der Waals surface area contributed by atoms with Gasteiger partial charge in [-0.05, 0) is 24.1 Å². The van der Waals surface area contributed by atoms with Crippen LogP contribution in [-0.4, -0.2) is 29.1 Å². The summed E-state index contributed by atoms with van der Waals surface area (Å²) in [5.74, 6) is -0.159. The van der Waals surface area contributed by atoms with Crippen molar-refractivity contribution in [3.63, 3.8) is 0 Å². The summed E-state index contributed by atoms with van der Waals surface area (Å²) in [6.45, 7) is 4.05. The Balaban J connectivity index is 1.80. The molecule has 0 unspecified atom stereocenters. The quantitative estimate of drug-likeness (QED) is 0.787. The van der Waals surface area contributed by atoms with Crippen LogP contribution in [-0.2, 0) is 0 Å². The van der Waals surface area contributed by atoms with Gasteiger partial charge in [0.25, 0.3) is 5.91 Å². The molecule has 1 atom stereocenters. The van der Waals surface area contributed by atoms with Gasteiger partial charge in [-0.25, -0.2) is 0 Å². The number of carbonyl (C=O) groups excluding carboxylic acids is 1. The summed E-state index contributed by atoms with van der Waals surface area (Å²) in [6.07, 6.45) is 2.25. The maximum absolute atomic E-state index is 12.4. The highest BCUT2D eigenvalue weighted by molar-refractivity contribution is 8.14. The molecule has 4 heteroatoms. The van der Waals surface area contributed by atoms with Crippen molar-refractivity contribution in [2.45, 2.75) is 25.0 Å². The minimum atomic E-state index is -0.159. The maximum Gasteiger partial charge on any atom is 0.279 e. The van der Waals surface area contributed by atoms with Gasteiger partial charge in [0, 0.05) is 18.7 Å². The fourth-order valence-electron chi connectivity index (χ4n) is 2.72. The highest BCUT2D eigenvalue weighted by Crippen LogP contribution is 2.38. The Kier molecular flexibility index (Phi) is 5.70. The van der Waals surface area contributed by atoms with E-state index in [0.29, 0.717) is 10.8 Å². The van der Waals surface area contributed by atoms with Crippen LogP contribution in [0.2, 0.25) is 0 Å². The predicted octanol–water partition coefficient (Wildman–Crippen LogP) is 4.77. The van der Waals surface area contributed by atoms with Crippen LogP contribution < -0.4 is 0 Å². The fraction of sp³-hybridized carbons (Fsp3) is 0.300. The molecule has 24 heavy (non-hydrogen) atoms. The molecule has 2 aromatic rings. The van der Waals surface area contributed by atoms with Crippen molar-refractivity contribution in [2.75, 3.05) is 13.1 Å². The number of rotatable bonds is 5. The molecule has 2 aromatic carbocycles. The van der Waals surface area contributed by atoms with Gasteiger partial charge in [-0.2, -0.15) is 4.99 Å². The number of aliphatic imine (C=N–C) groups is 1. The largest absolute Gasteiger partial charge is 0.350 e. The summed E-state index contributed by atoms with van der Waals surface area (Å²) < 4.78 is 0. The number of thioether (sulfide) groups is 1. The van der Waals surface area contributed by atoms with E-state index in [2.05, 4.69) is 41.1 Å². The van der Waals surface area contributed by atoms with E-state index in [1.54, 1.807) is 11.8 Å². The van der Waals surface area contributed by atoms with Gasteiger partial charge >= 0.3 is 0 Å². The van der Waals surface area contributed by atoms with Crippen molar-refractivity contribution >= 4 is 22.8 Å². The Hall–Kier alpha value is -2.07. The fourth-order valence-corrected chi connectivity index (χ4v) is 3.98. The predicted molar refractivity (Wildman–Crippen MR) is 101 cm³/mol. The average Bonchev–Trinajstić information content (AvgIpc) is 3.04. The van der Waals surface area contributed by atoms with Crippen molar-refractivity contribution < 1.29 is 4.79 Å². The van der Waals surface area contributed by atoms with E-state index >= 15 is 0 Å². The number of unbranched alkanes of at least 4 members (excludes halogenated alkanes) is 1. The first-order valence-electron chi connectivity index (χ1n) is 8.42. The normalized spacial score (nSPS) is 19.0. The minimum absolute atomic E-state index is 0.159. The molecular formula is C20H22N2OS. The van der Waals surface area contributed by atoms with Gasteiger partial charge in [0.2, 0.25) is 0 Å². The molecule has 0 radical (unpaired) electrons. The molecule has 1 fully saturated rings. The lowest BCUT2D eigenvalue weighted by atomic mass is 10.1. The van der Waals surface area contributed by atoms with Crippen molar-refractivity contribution in [1.29, 1.82) is 0 Å². The third-order valence-corrected chi connectivity index (χ3v) is 5.34. The van der Waals surface area contributed by atoms with Crippen molar-refractivity contribution in [2.24, 2.45) is 4.99 Å². The number of amidine groups is 1. The Morgan fingerprint density at radius 3 is 2.46 bits per heavy atom. The second-order valence-electron chi connectivity index (χ2n) is 5.88. The number of nitrogens with zero attached hydrogens (tertiary/aromatic N) is 2. The average molecular weight is 338 g/mol.